The number of ether oxygens (including phenoxy) is 1. The minimum atomic E-state index is 0.552. The van der Waals surface area contributed by atoms with E-state index in [0.29, 0.717) is 6.61 Å². The molecule has 26 heavy (non-hydrogen) atoms. The molecule has 1 aliphatic heterocycles. The van der Waals surface area contributed by atoms with Crippen molar-refractivity contribution in [3.05, 3.63) is 63.1 Å². The van der Waals surface area contributed by atoms with E-state index in [-0.39, 0.29) is 0 Å². The normalized spacial score (nSPS) is 16.0. The minimum absolute atomic E-state index is 0.552. The summed E-state index contributed by atoms with van der Waals surface area (Å²) in [5.41, 5.74) is 2.36. The Balaban J connectivity index is 1.61. The number of hydrogen-bond acceptors (Lipinski definition) is 3. The molecule has 0 radical (unpaired) electrons. The zero-order valence-corrected chi connectivity index (χ0v) is 17.5. The third kappa shape index (κ3) is 5.71. The van der Waals surface area contributed by atoms with E-state index < -0.39 is 0 Å². The van der Waals surface area contributed by atoms with Crippen LogP contribution in [0.1, 0.15) is 24.0 Å². The number of nitrogens with one attached hydrogen (secondary N) is 1. The van der Waals surface area contributed by atoms with E-state index in [9.17, 15) is 0 Å². The molecular formula is C21H26BrClN2O. The van der Waals surface area contributed by atoms with E-state index in [1.807, 2.05) is 37.4 Å². The minimum Gasteiger partial charge on any atom is -0.489 e. The summed E-state index contributed by atoms with van der Waals surface area (Å²) in [4.78, 5) is 2.53. The lowest BCUT2D eigenvalue weighted by atomic mass is 9.96. The van der Waals surface area contributed by atoms with Crippen LogP contribution in [0.3, 0.4) is 0 Å². The van der Waals surface area contributed by atoms with Crippen LogP contribution in [0.25, 0.3) is 0 Å². The van der Waals surface area contributed by atoms with Crippen LogP contribution in [-0.4, -0.2) is 31.6 Å². The van der Waals surface area contributed by atoms with Gasteiger partial charge in [-0.25, -0.2) is 0 Å². The molecule has 0 aliphatic carbocycles. The van der Waals surface area contributed by atoms with E-state index in [4.69, 9.17) is 16.3 Å². The van der Waals surface area contributed by atoms with Gasteiger partial charge in [-0.1, -0.05) is 39.7 Å². The molecule has 0 bridgehead atoms. The summed E-state index contributed by atoms with van der Waals surface area (Å²) in [6.07, 6.45) is 2.52. The Kier molecular flexibility index (Phi) is 7.38. The third-order valence-corrected chi connectivity index (χ3v) is 5.67. The van der Waals surface area contributed by atoms with E-state index >= 15 is 0 Å². The van der Waals surface area contributed by atoms with Gasteiger partial charge in [0.2, 0.25) is 0 Å². The van der Waals surface area contributed by atoms with E-state index in [1.54, 1.807) is 0 Å². The van der Waals surface area contributed by atoms with Crippen molar-refractivity contribution in [1.82, 2.24) is 10.2 Å². The van der Waals surface area contributed by atoms with Crippen LogP contribution >= 0.6 is 27.5 Å². The molecule has 2 aromatic carbocycles. The van der Waals surface area contributed by atoms with Gasteiger partial charge in [-0.3, -0.25) is 4.90 Å². The highest BCUT2D eigenvalue weighted by molar-refractivity contribution is 9.10. The predicted octanol–water partition coefficient (Wildman–Crippen LogP) is 5.11. The standard InChI is InChI=1S/C21H26BrClN2O/c1-24-13-16-8-10-25(11-9-16)14-18-12-19(22)4-7-21(18)26-15-17-2-5-20(23)6-3-17/h2-7,12,16,24H,8-11,13-15H2,1H3. The first-order chi connectivity index (χ1) is 12.6. The third-order valence-electron chi connectivity index (χ3n) is 4.92. The first-order valence-corrected chi connectivity index (χ1v) is 10.3. The highest BCUT2D eigenvalue weighted by atomic mass is 79.9. The van der Waals surface area contributed by atoms with Gasteiger partial charge < -0.3 is 10.1 Å². The second kappa shape index (κ2) is 9.75. The summed E-state index contributed by atoms with van der Waals surface area (Å²) in [6.45, 7) is 4.91. The quantitative estimate of drug-likeness (QED) is 0.651. The number of rotatable bonds is 7. The second-order valence-corrected chi connectivity index (χ2v) is 8.30. The fourth-order valence-corrected chi connectivity index (χ4v) is 3.97. The molecule has 140 valence electrons. The lowest BCUT2D eigenvalue weighted by Gasteiger charge is -2.32. The van der Waals surface area contributed by atoms with E-state index in [1.165, 1.54) is 18.4 Å². The highest BCUT2D eigenvalue weighted by Crippen LogP contribution is 2.27. The van der Waals surface area contributed by atoms with Gasteiger partial charge >= 0.3 is 0 Å². The Morgan fingerprint density at radius 3 is 2.58 bits per heavy atom. The first kappa shape index (κ1) is 19.7. The van der Waals surface area contributed by atoms with Gasteiger partial charge in [0, 0.05) is 21.6 Å². The maximum atomic E-state index is 6.12. The molecule has 5 heteroatoms. The van der Waals surface area contributed by atoms with Gasteiger partial charge in [0.05, 0.1) is 0 Å². The fraction of sp³-hybridized carbons (Fsp3) is 0.429. The summed E-state index contributed by atoms with van der Waals surface area (Å²) in [7, 11) is 2.04. The molecule has 2 aromatic rings. The Morgan fingerprint density at radius 1 is 1.15 bits per heavy atom. The average molecular weight is 438 g/mol. The van der Waals surface area contributed by atoms with E-state index in [2.05, 4.69) is 38.3 Å². The van der Waals surface area contributed by atoms with E-state index in [0.717, 1.165) is 52.9 Å². The predicted molar refractivity (Wildman–Crippen MR) is 112 cm³/mol. The SMILES string of the molecule is CNCC1CCN(Cc2cc(Br)ccc2OCc2ccc(Cl)cc2)CC1. The Labute approximate surface area is 169 Å². The number of hydrogen-bond donors (Lipinski definition) is 1. The lowest BCUT2D eigenvalue weighted by Crippen LogP contribution is -2.36. The molecule has 0 spiro atoms. The number of likely N-dealkylation sites (tertiary alicyclic amines) is 1. The highest BCUT2D eigenvalue weighted by Gasteiger charge is 2.19. The Bertz CT molecular complexity index is 700. The molecule has 0 amide bonds. The van der Waals surface area contributed by atoms with Crippen LogP contribution in [-0.2, 0) is 13.2 Å². The van der Waals surface area contributed by atoms with Crippen LogP contribution < -0.4 is 10.1 Å². The van der Waals surface area contributed by atoms with Gasteiger partial charge in [0.1, 0.15) is 12.4 Å². The van der Waals surface area contributed by atoms with Gasteiger partial charge in [-0.2, -0.15) is 0 Å². The smallest absolute Gasteiger partial charge is 0.124 e. The van der Waals surface area contributed by atoms with Crippen molar-refractivity contribution < 1.29 is 4.74 Å². The number of halogens is 2. The summed E-state index contributed by atoms with van der Waals surface area (Å²) in [5, 5.41) is 4.05. The largest absolute Gasteiger partial charge is 0.489 e. The molecule has 3 nitrogen and oxygen atoms in total. The van der Waals surface area contributed by atoms with Gasteiger partial charge in [-0.05, 0) is 81.3 Å². The molecule has 3 rings (SSSR count). The van der Waals surface area contributed by atoms with Crippen LogP contribution in [0.4, 0.5) is 0 Å². The first-order valence-electron chi connectivity index (χ1n) is 9.16. The maximum Gasteiger partial charge on any atom is 0.124 e. The topological polar surface area (TPSA) is 24.5 Å². The average Bonchev–Trinajstić information content (AvgIpc) is 2.64. The molecular weight excluding hydrogens is 412 g/mol. The van der Waals surface area contributed by atoms with Crippen LogP contribution in [0.5, 0.6) is 5.75 Å². The number of piperidine rings is 1. The van der Waals surface area contributed by atoms with Gasteiger partial charge in [-0.15, -0.1) is 0 Å². The van der Waals surface area contributed by atoms with Crippen molar-refractivity contribution in [3.63, 3.8) is 0 Å². The van der Waals surface area contributed by atoms with Crippen molar-refractivity contribution in [3.8, 4) is 5.75 Å². The monoisotopic (exact) mass is 436 g/mol. The summed E-state index contributed by atoms with van der Waals surface area (Å²) in [6, 6.07) is 14.1. The molecule has 0 unspecified atom stereocenters. The Morgan fingerprint density at radius 2 is 1.88 bits per heavy atom. The van der Waals surface area contributed by atoms with Crippen molar-refractivity contribution in [2.45, 2.75) is 26.0 Å². The lowest BCUT2D eigenvalue weighted by molar-refractivity contribution is 0.174. The van der Waals surface area contributed by atoms with Crippen LogP contribution in [0, 0.1) is 5.92 Å². The zero-order chi connectivity index (χ0) is 18.4. The summed E-state index contributed by atoms with van der Waals surface area (Å²) < 4.78 is 7.21. The summed E-state index contributed by atoms with van der Waals surface area (Å²) in [5.74, 6) is 1.76. The van der Waals surface area contributed by atoms with Crippen molar-refractivity contribution >= 4 is 27.5 Å². The molecule has 0 aromatic heterocycles. The van der Waals surface area contributed by atoms with Gasteiger partial charge in [0.25, 0.3) is 0 Å². The maximum absolute atomic E-state index is 6.12. The van der Waals surface area contributed by atoms with Crippen molar-refractivity contribution in [1.29, 1.82) is 0 Å². The molecule has 1 fully saturated rings. The summed E-state index contributed by atoms with van der Waals surface area (Å²) >= 11 is 9.55. The molecule has 0 atom stereocenters. The number of benzene rings is 2. The fourth-order valence-electron chi connectivity index (χ4n) is 3.43. The molecule has 1 heterocycles. The molecule has 1 aliphatic rings. The van der Waals surface area contributed by atoms with Gasteiger partial charge in [0.15, 0.2) is 0 Å². The Hall–Kier alpha value is -1.07. The second-order valence-electron chi connectivity index (χ2n) is 6.94. The molecule has 1 N–H and O–H groups in total. The molecule has 0 saturated carbocycles. The van der Waals surface area contributed by atoms with Crippen molar-refractivity contribution in [2.75, 3.05) is 26.7 Å². The van der Waals surface area contributed by atoms with Crippen LogP contribution in [0.15, 0.2) is 46.9 Å². The zero-order valence-electron chi connectivity index (χ0n) is 15.2. The molecule has 1 saturated heterocycles. The number of nitrogens with zero attached hydrogens (tertiary/aromatic N) is 1. The van der Waals surface area contributed by atoms with Crippen LogP contribution in [0.2, 0.25) is 5.02 Å². The van der Waals surface area contributed by atoms with Crippen molar-refractivity contribution in [2.24, 2.45) is 5.92 Å².